The summed E-state index contributed by atoms with van der Waals surface area (Å²) < 4.78 is 36.4. The Morgan fingerprint density at radius 2 is 1.69 bits per heavy atom. The van der Waals surface area contributed by atoms with Crippen LogP contribution in [0, 0.1) is 11.8 Å². The molecule has 3 heteroatoms. The van der Waals surface area contributed by atoms with Gasteiger partial charge in [-0.1, -0.05) is 61.6 Å². The van der Waals surface area contributed by atoms with E-state index in [1.807, 2.05) is 42.3 Å². The highest BCUT2D eigenvalue weighted by atomic mass is 19.4. The van der Waals surface area contributed by atoms with E-state index in [2.05, 4.69) is 31.9 Å². The van der Waals surface area contributed by atoms with Crippen LogP contribution in [0.4, 0.5) is 13.2 Å². The molecule has 2 aromatic rings. The van der Waals surface area contributed by atoms with Gasteiger partial charge in [-0.25, -0.2) is 0 Å². The van der Waals surface area contributed by atoms with Gasteiger partial charge in [0.1, 0.15) is 0 Å². The molecular formula is C23H19F3. The molecule has 0 atom stereocenters. The molecule has 2 rings (SSSR count). The van der Waals surface area contributed by atoms with E-state index in [0.29, 0.717) is 10.4 Å². The van der Waals surface area contributed by atoms with Crippen molar-refractivity contribution in [2.75, 3.05) is 0 Å². The van der Waals surface area contributed by atoms with Gasteiger partial charge in [-0.05, 0) is 52.1 Å². The monoisotopic (exact) mass is 352 g/mol. The van der Waals surface area contributed by atoms with Gasteiger partial charge in [-0.2, -0.15) is 13.2 Å². The average molecular weight is 352 g/mol. The molecule has 0 spiro atoms. The van der Waals surface area contributed by atoms with Crippen molar-refractivity contribution in [2.45, 2.75) is 19.0 Å². The Kier molecular flexibility index (Phi) is 6.25. The molecule has 0 heterocycles. The third kappa shape index (κ3) is 5.82. The van der Waals surface area contributed by atoms with Crippen LogP contribution >= 0.6 is 0 Å². The number of benzene rings is 2. The fourth-order valence-corrected chi connectivity index (χ4v) is 2.43. The minimum absolute atomic E-state index is 0.0894. The highest BCUT2D eigenvalue weighted by Crippen LogP contribution is 2.18. The number of rotatable bonds is 5. The van der Waals surface area contributed by atoms with Gasteiger partial charge >= 0.3 is 6.18 Å². The van der Waals surface area contributed by atoms with Gasteiger partial charge in [-0.15, -0.1) is 6.58 Å². The maximum absolute atomic E-state index is 12.1. The van der Waals surface area contributed by atoms with Gasteiger partial charge in [0.15, 0.2) is 0 Å². The summed E-state index contributed by atoms with van der Waals surface area (Å²) in [5, 5.41) is 1.39. The SMILES string of the molecule is C=CCCc1ccc(-c2cc/c(=C/C(=C)C#CC(F)(F)F)c(=C)c2)cc1. The van der Waals surface area contributed by atoms with E-state index >= 15 is 0 Å². The molecule has 0 amide bonds. The molecule has 0 bridgehead atoms. The van der Waals surface area contributed by atoms with Crippen LogP contribution < -0.4 is 10.4 Å². The first-order valence-corrected chi connectivity index (χ1v) is 8.08. The highest BCUT2D eigenvalue weighted by Gasteiger charge is 2.22. The van der Waals surface area contributed by atoms with Crippen LogP contribution in [0.2, 0.25) is 0 Å². The third-order valence-corrected chi connectivity index (χ3v) is 3.76. The molecule has 0 N–H and O–H groups in total. The lowest BCUT2D eigenvalue weighted by molar-refractivity contribution is -0.0696. The molecule has 0 unspecified atom stereocenters. The Bertz CT molecular complexity index is 965. The third-order valence-electron chi connectivity index (χ3n) is 3.76. The van der Waals surface area contributed by atoms with Crippen LogP contribution in [0.3, 0.4) is 0 Å². The maximum atomic E-state index is 12.1. The van der Waals surface area contributed by atoms with Crippen molar-refractivity contribution in [3.8, 4) is 23.0 Å². The van der Waals surface area contributed by atoms with Gasteiger partial charge in [0.05, 0.1) is 0 Å². The van der Waals surface area contributed by atoms with Crippen molar-refractivity contribution in [3.63, 3.8) is 0 Å². The summed E-state index contributed by atoms with van der Waals surface area (Å²) in [5.74, 6) is 3.22. The summed E-state index contributed by atoms with van der Waals surface area (Å²) in [6, 6.07) is 13.9. The second-order valence-electron chi connectivity index (χ2n) is 5.86. The largest absolute Gasteiger partial charge is 0.458 e. The van der Waals surface area contributed by atoms with Crippen molar-refractivity contribution >= 4 is 12.7 Å². The van der Waals surface area contributed by atoms with Crippen molar-refractivity contribution in [1.82, 2.24) is 0 Å². The predicted octanol–water partition coefficient (Wildman–Crippen LogP) is 4.78. The van der Waals surface area contributed by atoms with Crippen LogP contribution in [0.25, 0.3) is 23.8 Å². The standard InChI is InChI=1S/C23H19F3/c1-4-5-6-19-7-9-20(10-8-19)22-12-11-21(18(3)16-22)15-17(2)13-14-23(24,25)26/h4,7-12,15-16H,1-3,5-6H2/b21-15-. The highest BCUT2D eigenvalue weighted by molar-refractivity contribution is 5.65. The zero-order valence-corrected chi connectivity index (χ0v) is 14.4. The van der Waals surface area contributed by atoms with E-state index in [1.54, 1.807) is 0 Å². The van der Waals surface area contributed by atoms with Gasteiger partial charge in [0.25, 0.3) is 0 Å². The minimum Gasteiger partial charge on any atom is -0.159 e. The lowest BCUT2D eigenvalue weighted by Gasteiger charge is -2.04. The fraction of sp³-hybridized carbons (Fsp3) is 0.130. The topological polar surface area (TPSA) is 0 Å². The molecule has 0 saturated heterocycles. The second kappa shape index (κ2) is 8.40. The lowest BCUT2D eigenvalue weighted by Crippen LogP contribution is -2.22. The molecule has 2 aromatic carbocycles. The molecule has 0 aliphatic heterocycles. The first kappa shape index (κ1) is 19.3. The summed E-state index contributed by atoms with van der Waals surface area (Å²) in [6.45, 7) is 11.2. The predicted molar refractivity (Wildman–Crippen MR) is 103 cm³/mol. The van der Waals surface area contributed by atoms with E-state index in [1.165, 1.54) is 17.6 Å². The first-order chi connectivity index (χ1) is 12.3. The molecule has 26 heavy (non-hydrogen) atoms. The Labute approximate surface area is 151 Å². The van der Waals surface area contributed by atoms with Crippen molar-refractivity contribution < 1.29 is 13.2 Å². The van der Waals surface area contributed by atoms with E-state index in [9.17, 15) is 13.2 Å². The van der Waals surface area contributed by atoms with Gasteiger partial charge in [0, 0.05) is 11.5 Å². The molecule has 0 aromatic heterocycles. The quantitative estimate of drug-likeness (QED) is 0.536. The molecular weight excluding hydrogens is 333 g/mol. The van der Waals surface area contributed by atoms with Crippen LogP contribution in [0.1, 0.15) is 12.0 Å². The number of alkyl halides is 3. The smallest absolute Gasteiger partial charge is 0.159 e. The summed E-state index contributed by atoms with van der Waals surface area (Å²) in [6.07, 6.45) is 0.771. The zero-order chi connectivity index (χ0) is 19.2. The number of aryl methyl sites for hydroxylation is 1. The van der Waals surface area contributed by atoms with Crippen LogP contribution in [-0.4, -0.2) is 6.18 Å². The number of halogens is 3. The second-order valence-corrected chi connectivity index (χ2v) is 5.86. The Morgan fingerprint density at radius 3 is 2.27 bits per heavy atom. The Balaban J connectivity index is 2.25. The van der Waals surface area contributed by atoms with Crippen LogP contribution in [0.5, 0.6) is 0 Å². The van der Waals surface area contributed by atoms with E-state index < -0.39 is 6.18 Å². The van der Waals surface area contributed by atoms with Gasteiger partial charge in [-0.3, -0.25) is 0 Å². The van der Waals surface area contributed by atoms with Crippen LogP contribution in [0.15, 0.2) is 67.3 Å². The summed E-state index contributed by atoms with van der Waals surface area (Å²) in [4.78, 5) is 0. The van der Waals surface area contributed by atoms with Gasteiger partial charge < -0.3 is 0 Å². The normalized spacial score (nSPS) is 11.6. The van der Waals surface area contributed by atoms with Crippen molar-refractivity contribution in [2.24, 2.45) is 0 Å². The van der Waals surface area contributed by atoms with Crippen molar-refractivity contribution in [1.29, 1.82) is 0 Å². The number of allylic oxidation sites excluding steroid dienone is 2. The minimum atomic E-state index is -4.52. The van der Waals surface area contributed by atoms with E-state index in [0.717, 1.165) is 24.0 Å². The molecule has 0 aliphatic carbocycles. The molecule has 0 saturated carbocycles. The van der Waals surface area contributed by atoms with Crippen molar-refractivity contribution in [3.05, 3.63) is 83.3 Å². The van der Waals surface area contributed by atoms with E-state index in [-0.39, 0.29) is 5.57 Å². The molecule has 0 nitrogen and oxygen atoms in total. The zero-order valence-electron chi connectivity index (χ0n) is 14.4. The number of hydrogen-bond acceptors (Lipinski definition) is 0. The molecule has 0 fully saturated rings. The van der Waals surface area contributed by atoms with Crippen LogP contribution in [-0.2, 0) is 6.42 Å². The molecule has 0 radical (unpaired) electrons. The summed E-state index contributed by atoms with van der Waals surface area (Å²) in [5.41, 5.74) is 3.38. The molecule has 132 valence electrons. The Hall–Kier alpha value is -2.99. The fourth-order valence-electron chi connectivity index (χ4n) is 2.43. The first-order valence-electron chi connectivity index (χ1n) is 8.08. The number of hydrogen-bond donors (Lipinski definition) is 0. The summed E-state index contributed by atoms with van der Waals surface area (Å²) >= 11 is 0. The van der Waals surface area contributed by atoms with E-state index in [4.69, 9.17) is 0 Å². The van der Waals surface area contributed by atoms with Gasteiger partial charge in [0.2, 0.25) is 0 Å². The average Bonchev–Trinajstić information content (AvgIpc) is 2.60. The lowest BCUT2D eigenvalue weighted by atomic mass is 10.0. The summed E-state index contributed by atoms with van der Waals surface area (Å²) in [7, 11) is 0. The maximum Gasteiger partial charge on any atom is 0.458 e. The molecule has 0 aliphatic rings. The Morgan fingerprint density at radius 1 is 1.04 bits per heavy atom.